The van der Waals surface area contributed by atoms with Crippen molar-refractivity contribution >= 4 is 0 Å². The zero-order chi connectivity index (χ0) is 15.2. The minimum absolute atomic E-state index is 0.0430. The van der Waals surface area contributed by atoms with E-state index in [1.165, 1.54) is 16.7 Å². The number of aryl methyl sites for hydroxylation is 1. The summed E-state index contributed by atoms with van der Waals surface area (Å²) >= 11 is 0. The van der Waals surface area contributed by atoms with Crippen LogP contribution in [0.2, 0.25) is 0 Å². The third kappa shape index (κ3) is 4.08. The van der Waals surface area contributed by atoms with Gasteiger partial charge in [-0.1, -0.05) is 55.0 Å². The molecule has 0 aliphatic heterocycles. The van der Waals surface area contributed by atoms with Gasteiger partial charge >= 0.3 is 0 Å². The monoisotopic (exact) mass is 283 g/mol. The second-order valence-corrected chi connectivity index (χ2v) is 5.49. The van der Waals surface area contributed by atoms with Crippen molar-refractivity contribution in [3.63, 3.8) is 0 Å². The van der Waals surface area contributed by atoms with E-state index < -0.39 is 0 Å². The highest BCUT2D eigenvalue weighted by molar-refractivity contribution is 5.39. The summed E-state index contributed by atoms with van der Waals surface area (Å²) in [5.41, 5.74) is 3.68. The molecule has 2 nitrogen and oxygen atoms in total. The second-order valence-electron chi connectivity index (χ2n) is 5.49. The lowest BCUT2D eigenvalue weighted by Gasteiger charge is -2.22. The Morgan fingerprint density at radius 2 is 1.76 bits per heavy atom. The van der Waals surface area contributed by atoms with Gasteiger partial charge in [-0.15, -0.1) is 0 Å². The van der Waals surface area contributed by atoms with E-state index in [1.54, 1.807) is 0 Å². The summed E-state index contributed by atoms with van der Waals surface area (Å²) in [4.78, 5) is 0. The Bertz CT molecular complexity index is 565. The van der Waals surface area contributed by atoms with Gasteiger partial charge in [-0.2, -0.15) is 0 Å². The standard InChI is InChI=1S/C19H25NO/c1-5-20-15(3)18-13-14(2)11-12-19(18)21-16(4)17-9-7-6-8-10-17/h6-13,15-16,20H,5H2,1-4H3. The lowest BCUT2D eigenvalue weighted by molar-refractivity contribution is 0.223. The fraction of sp³-hybridized carbons (Fsp3) is 0.368. The van der Waals surface area contributed by atoms with Gasteiger partial charge < -0.3 is 10.1 Å². The minimum Gasteiger partial charge on any atom is -0.486 e. The molecule has 0 aliphatic rings. The van der Waals surface area contributed by atoms with Crippen LogP contribution in [0.25, 0.3) is 0 Å². The highest BCUT2D eigenvalue weighted by Gasteiger charge is 2.14. The Labute approximate surface area is 128 Å². The molecule has 1 N–H and O–H groups in total. The van der Waals surface area contributed by atoms with Crippen molar-refractivity contribution < 1.29 is 4.74 Å². The SMILES string of the molecule is CCNC(C)c1cc(C)ccc1OC(C)c1ccccc1. The van der Waals surface area contributed by atoms with E-state index in [1.807, 2.05) is 18.2 Å². The average molecular weight is 283 g/mol. The first-order valence-corrected chi connectivity index (χ1v) is 7.67. The maximum atomic E-state index is 6.21. The number of benzene rings is 2. The zero-order valence-corrected chi connectivity index (χ0v) is 13.4. The summed E-state index contributed by atoms with van der Waals surface area (Å²) in [5.74, 6) is 0.963. The van der Waals surface area contributed by atoms with Crippen LogP contribution in [0.1, 0.15) is 49.6 Å². The molecule has 2 atom stereocenters. The zero-order valence-electron chi connectivity index (χ0n) is 13.4. The van der Waals surface area contributed by atoms with Crippen molar-refractivity contribution in [1.29, 1.82) is 0 Å². The summed E-state index contributed by atoms with van der Waals surface area (Å²) in [7, 11) is 0. The van der Waals surface area contributed by atoms with Crippen LogP contribution < -0.4 is 10.1 Å². The quantitative estimate of drug-likeness (QED) is 0.821. The van der Waals surface area contributed by atoms with Gasteiger partial charge in [-0.05, 0) is 38.9 Å². The number of hydrogen-bond acceptors (Lipinski definition) is 2. The predicted octanol–water partition coefficient (Wildman–Crippen LogP) is 4.81. The molecule has 2 aromatic rings. The molecule has 0 saturated carbocycles. The van der Waals surface area contributed by atoms with Crippen LogP contribution in [-0.2, 0) is 0 Å². The second kappa shape index (κ2) is 7.28. The highest BCUT2D eigenvalue weighted by Crippen LogP contribution is 2.30. The van der Waals surface area contributed by atoms with Crippen molar-refractivity contribution in [2.24, 2.45) is 0 Å². The van der Waals surface area contributed by atoms with E-state index in [4.69, 9.17) is 4.74 Å². The smallest absolute Gasteiger partial charge is 0.125 e. The van der Waals surface area contributed by atoms with Gasteiger partial charge in [0.05, 0.1) is 0 Å². The van der Waals surface area contributed by atoms with Crippen molar-refractivity contribution in [1.82, 2.24) is 5.32 Å². The Balaban J connectivity index is 2.23. The molecule has 0 bridgehead atoms. The number of ether oxygens (including phenoxy) is 1. The van der Waals surface area contributed by atoms with E-state index in [2.05, 4.69) is 63.3 Å². The number of hydrogen-bond donors (Lipinski definition) is 1. The molecule has 21 heavy (non-hydrogen) atoms. The molecule has 2 aromatic carbocycles. The minimum atomic E-state index is 0.0430. The first-order chi connectivity index (χ1) is 10.1. The van der Waals surface area contributed by atoms with Crippen LogP contribution in [0, 0.1) is 6.92 Å². The molecule has 0 fully saturated rings. The van der Waals surface area contributed by atoms with Gasteiger partial charge in [0, 0.05) is 11.6 Å². The van der Waals surface area contributed by atoms with Gasteiger partial charge in [-0.3, -0.25) is 0 Å². The summed E-state index contributed by atoms with van der Waals surface area (Å²) < 4.78 is 6.21. The molecule has 2 unspecified atom stereocenters. The lowest BCUT2D eigenvalue weighted by Crippen LogP contribution is -2.19. The summed E-state index contributed by atoms with van der Waals surface area (Å²) in [5, 5.41) is 3.46. The van der Waals surface area contributed by atoms with Crippen LogP contribution in [0.4, 0.5) is 0 Å². The number of nitrogens with one attached hydrogen (secondary N) is 1. The summed E-state index contributed by atoms with van der Waals surface area (Å²) in [6.07, 6.45) is 0.0430. The van der Waals surface area contributed by atoms with Crippen LogP contribution in [0.5, 0.6) is 5.75 Å². The van der Waals surface area contributed by atoms with Crippen molar-refractivity contribution in [3.8, 4) is 5.75 Å². The van der Waals surface area contributed by atoms with E-state index in [0.29, 0.717) is 0 Å². The van der Waals surface area contributed by atoms with Gasteiger partial charge in [0.1, 0.15) is 11.9 Å². The topological polar surface area (TPSA) is 21.3 Å². The van der Waals surface area contributed by atoms with E-state index >= 15 is 0 Å². The van der Waals surface area contributed by atoms with Gasteiger partial charge in [-0.25, -0.2) is 0 Å². The first kappa shape index (κ1) is 15.6. The maximum Gasteiger partial charge on any atom is 0.125 e. The largest absolute Gasteiger partial charge is 0.486 e. The molecule has 0 radical (unpaired) electrons. The molecular formula is C19H25NO. The predicted molar refractivity (Wildman–Crippen MR) is 88.8 cm³/mol. The molecule has 2 heteroatoms. The number of rotatable bonds is 6. The molecule has 112 valence electrons. The third-order valence-corrected chi connectivity index (χ3v) is 3.71. The van der Waals surface area contributed by atoms with E-state index in [0.717, 1.165) is 12.3 Å². The lowest BCUT2D eigenvalue weighted by atomic mass is 10.0. The Morgan fingerprint density at radius 1 is 1.05 bits per heavy atom. The molecule has 0 heterocycles. The highest BCUT2D eigenvalue weighted by atomic mass is 16.5. The third-order valence-electron chi connectivity index (χ3n) is 3.71. The van der Waals surface area contributed by atoms with Gasteiger partial charge in [0.2, 0.25) is 0 Å². The molecule has 0 spiro atoms. The van der Waals surface area contributed by atoms with Crippen LogP contribution >= 0.6 is 0 Å². The Hall–Kier alpha value is -1.80. The Morgan fingerprint density at radius 3 is 2.43 bits per heavy atom. The molecule has 0 amide bonds. The summed E-state index contributed by atoms with van der Waals surface area (Å²) in [6, 6.07) is 17.0. The molecule has 0 saturated heterocycles. The van der Waals surface area contributed by atoms with E-state index in [9.17, 15) is 0 Å². The van der Waals surface area contributed by atoms with E-state index in [-0.39, 0.29) is 12.1 Å². The van der Waals surface area contributed by atoms with Crippen molar-refractivity contribution in [2.45, 2.75) is 39.8 Å². The molecule has 0 aromatic heterocycles. The molecule has 0 aliphatic carbocycles. The fourth-order valence-corrected chi connectivity index (χ4v) is 2.51. The van der Waals surface area contributed by atoms with Gasteiger partial charge in [0.15, 0.2) is 0 Å². The van der Waals surface area contributed by atoms with Crippen LogP contribution in [-0.4, -0.2) is 6.54 Å². The van der Waals surface area contributed by atoms with Crippen molar-refractivity contribution in [2.75, 3.05) is 6.54 Å². The summed E-state index contributed by atoms with van der Waals surface area (Å²) in [6.45, 7) is 9.46. The first-order valence-electron chi connectivity index (χ1n) is 7.67. The van der Waals surface area contributed by atoms with Crippen LogP contribution in [0.3, 0.4) is 0 Å². The molecular weight excluding hydrogens is 258 g/mol. The normalized spacial score (nSPS) is 13.7. The van der Waals surface area contributed by atoms with Crippen LogP contribution in [0.15, 0.2) is 48.5 Å². The average Bonchev–Trinajstić information content (AvgIpc) is 2.50. The molecule has 2 rings (SSSR count). The van der Waals surface area contributed by atoms with Gasteiger partial charge in [0.25, 0.3) is 0 Å². The maximum absolute atomic E-state index is 6.21. The van der Waals surface area contributed by atoms with Crippen molar-refractivity contribution in [3.05, 3.63) is 65.2 Å². The fourth-order valence-electron chi connectivity index (χ4n) is 2.51. The Kier molecular flexibility index (Phi) is 5.40.